The fourth-order valence-electron chi connectivity index (χ4n) is 5.04. The maximum Gasteiger partial charge on any atom is 0.408 e. The van der Waals surface area contributed by atoms with Gasteiger partial charge in [-0.2, -0.15) is 0 Å². The minimum Gasteiger partial charge on any atom is -0.497 e. The quantitative estimate of drug-likeness (QED) is 0.230. The van der Waals surface area contributed by atoms with Crippen LogP contribution in [0.4, 0.5) is 9.18 Å². The van der Waals surface area contributed by atoms with Gasteiger partial charge in [-0.05, 0) is 70.4 Å². The van der Waals surface area contributed by atoms with Crippen molar-refractivity contribution in [3.05, 3.63) is 71.6 Å². The standard InChI is InChI=1S/C34H44FN3O8/c1-7-45-30(39)15-13-26(19-23-16-17-38(32(23)41)21-24-10-14-27(43-5)20-29(24)44-6)36-31(40)28(37-33(42)46-34(2,3)4)18-22-8-11-25(35)12-9-22/h8-15,20,23,26,28H,7,16-19,21H2,1-6H3,(H,36,40)(H,37,42)/b15-13+/t23-,26+,28-/m0/s1. The van der Waals surface area contributed by atoms with E-state index >= 15 is 0 Å². The number of hydrogen-bond donors (Lipinski definition) is 2. The van der Waals surface area contributed by atoms with Crippen molar-refractivity contribution in [1.29, 1.82) is 0 Å². The monoisotopic (exact) mass is 641 g/mol. The van der Waals surface area contributed by atoms with E-state index in [1.165, 1.54) is 36.4 Å². The van der Waals surface area contributed by atoms with Crippen molar-refractivity contribution in [3.63, 3.8) is 0 Å². The number of carbonyl (C=O) groups excluding carboxylic acids is 4. The van der Waals surface area contributed by atoms with Crippen LogP contribution >= 0.6 is 0 Å². The van der Waals surface area contributed by atoms with Crippen LogP contribution in [-0.2, 0) is 36.8 Å². The summed E-state index contributed by atoms with van der Waals surface area (Å²) in [7, 11) is 3.12. The van der Waals surface area contributed by atoms with Gasteiger partial charge in [0.2, 0.25) is 11.8 Å². The van der Waals surface area contributed by atoms with E-state index in [-0.39, 0.29) is 25.4 Å². The van der Waals surface area contributed by atoms with E-state index in [1.807, 2.05) is 6.07 Å². The summed E-state index contributed by atoms with van der Waals surface area (Å²) < 4.78 is 34.7. The number of carbonyl (C=O) groups is 4. The Kier molecular flexibility index (Phi) is 13.0. The van der Waals surface area contributed by atoms with Gasteiger partial charge in [0.05, 0.1) is 20.8 Å². The zero-order valence-corrected chi connectivity index (χ0v) is 27.3. The molecule has 0 aliphatic carbocycles. The Morgan fingerprint density at radius 1 is 1.07 bits per heavy atom. The molecule has 1 heterocycles. The second-order valence-electron chi connectivity index (χ2n) is 11.9. The molecule has 0 saturated carbocycles. The van der Waals surface area contributed by atoms with E-state index < -0.39 is 47.4 Å². The maximum absolute atomic E-state index is 13.7. The lowest BCUT2D eigenvalue weighted by Gasteiger charge is -2.25. The van der Waals surface area contributed by atoms with Gasteiger partial charge in [0.15, 0.2) is 0 Å². The van der Waals surface area contributed by atoms with Gasteiger partial charge >= 0.3 is 12.1 Å². The fraction of sp³-hybridized carbons (Fsp3) is 0.471. The van der Waals surface area contributed by atoms with Gasteiger partial charge in [-0.1, -0.05) is 18.2 Å². The van der Waals surface area contributed by atoms with Crippen LogP contribution in [0.25, 0.3) is 0 Å². The third kappa shape index (κ3) is 11.1. The van der Waals surface area contributed by atoms with E-state index in [4.69, 9.17) is 18.9 Å². The van der Waals surface area contributed by atoms with Gasteiger partial charge in [0.1, 0.15) is 29.0 Å². The third-order valence-electron chi connectivity index (χ3n) is 7.24. The fourth-order valence-corrected chi connectivity index (χ4v) is 5.04. The molecule has 11 nitrogen and oxygen atoms in total. The Balaban J connectivity index is 1.79. The summed E-state index contributed by atoms with van der Waals surface area (Å²) in [6.45, 7) is 7.77. The molecule has 0 radical (unpaired) electrons. The lowest BCUT2D eigenvalue weighted by Crippen LogP contribution is -2.51. The number of ether oxygens (including phenoxy) is 4. The van der Waals surface area contributed by atoms with Crippen molar-refractivity contribution in [2.75, 3.05) is 27.4 Å². The van der Waals surface area contributed by atoms with Gasteiger partial charge in [-0.15, -0.1) is 0 Å². The summed E-state index contributed by atoms with van der Waals surface area (Å²) in [5.41, 5.74) is 0.615. The molecule has 3 rings (SSSR count). The molecule has 1 saturated heterocycles. The average molecular weight is 642 g/mol. The van der Waals surface area contributed by atoms with Crippen LogP contribution in [0.2, 0.25) is 0 Å². The van der Waals surface area contributed by atoms with Gasteiger partial charge in [0.25, 0.3) is 0 Å². The van der Waals surface area contributed by atoms with Crippen LogP contribution in [0.1, 0.15) is 51.7 Å². The number of halogens is 1. The summed E-state index contributed by atoms with van der Waals surface area (Å²) in [5, 5.41) is 5.48. The SMILES string of the molecule is CCOC(=O)/C=C/[C@H](C[C@@H]1CCN(Cc2ccc(OC)cc2OC)C1=O)NC(=O)[C@H](Cc1ccc(F)cc1)NC(=O)OC(C)(C)C. The van der Waals surface area contributed by atoms with Crippen molar-refractivity contribution < 1.29 is 42.5 Å². The predicted molar refractivity (Wildman–Crippen MR) is 169 cm³/mol. The van der Waals surface area contributed by atoms with Crippen LogP contribution in [-0.4, -0.2) is 73.8 Å². The molecule has 2 N–H and O–H groups in total. The van der Waals surface area contributed by atoms with E-state index in [1.54, 1.807) is 58.9 Å². The largest absolute Gasteiger partial charge is 0.497 e. The number of benzene rings is 2. The lowest BCUT2D eigenvalue weighted by molar-refractivity contribution is -0.137. The van der Waals surface area contributed by atoms with E-state index in [9.17, 15) is 23.6 Å². The first-order chi connectivity index (χ1) is 21.8. The molecule has 2 aromatic rings. The first-order valence-electron chi connectivity index (χ1n) is 15.2. The molecule has 0 spiro atoms. The second-order valence-corrected chi connectivity index (χ2v) is 11.9. The molecule has 0 aromatic heterocycles. The Morgan fingerprint density at radius 3 is 2.41 bits per heavy atom. The van der Waals surface area contributed by atoms with Crippen molar-refractivity contribution >= 4 is 23.9 Å². The normalized spacial score (nSPS) is 16.1. The molecule has 12 heteroatoms. The number of hydrogen-bond acceptors (Lipinski definition) is 8. The predicted octanol–water partition coefficient (Wildman–Crippen LogP) is 4.32. The number of nitrogens with zero attached hydrogens (tertiary/aromatic N) is 1. The topological polar surface area (TPSA) is 132 Å². The highest BCUT2D eigenvalue weighted by Crippen LogP contribution is 2.30. The highest BCUT2D eigenvalue weighted by molar-refractivity contribution is 5.87. The van der Waals surface area contributed by atoms with Crippen LogP contribution in [0.5, 0.6) is 11.5 Å². The summed E-state index contributed by atoms with van der Waals surface area (Å²) in [6.07, 6.45) is 2.67. The van der Waals surface area contributed by atoms with E-state index in [2.05, 4.69) is 10.6 Å². The summed E-state index contributed by atoms with van der Waals surface area (Å²) in [4.78, 5) is 53.7. The molecule has 3 atom stereocenters. The van der Waals surface area contributed by atoms with Gasteiger partial charge in [0, 0.05) is 49.2 Å². The first kappa shape index (κ1) is 35.9. The smallest absolute Gasteiger partial charge is 0.408 e. The van der Waals surface area contributed by atoms with Crippen LogP contribution in [0, 0.1) is 11.7 Å². The minimum absolute atomic E-state index is 0.0412. The molecule has 3 amide bonds. The third-order valence-corrected chi connectivity index (χ3v) is 7.24. The van der Waals surface area contributed by atoms with Crippen molar-refractivity contribution in [1.82, 2.24) is 15.5 Å². The van der Waals surface area contributed by atoms with E-state index in [0.29, 0.717) is 36.6 Å². The van der Waals surface area contributed by atoms with Gasteiger partial charge in [-0.25, -0.2) is 14.0 Å². The minimum atomic E-state index is -1.10. The molecule has 1 fully saturated rings. The second kappa shape index (κ2) is 16.6. The number of nitrogens with one attached hydrogen (secondary N) is 2. The number of esters is 1. The Morgan fingerprint density at radius 2 is 1.78 bits per heavy atom. The van der Waals surface area contributed by atoms with Crippen molar-refractivity contribution in [2.45, 2.75) is 71.2 Å². The number of rotatable bonds is 14. The number of amides is 3. The van der Waals surface area contributed by atoms with E-state index in [0.717, 1.165) is 5.56 Å². The highest BCUT2D eigenvalue weighted by atomic mass is 19.1. The van der Waals surface area contributed by atoms with Crippen LogP contribution in [0.3, 0.4) is 0 Å². The molecule has 1 aliphatic heterocycles. The molecule has 0 unspecified atom stereocenters. The zero-order chi connectivity index (χ0) is 33.9. The van der Waals surface area contributed by atoms with Crippen molar-refractivity contribution in [2.24, 2.45) is 5.92 Å². The molecular formula is C34H44FN3O8. The number of likely N-dealkylation sites (tertiary alicyclic amines) is 1. The molecule has 46 heavy (non-hydrogen) atoms. The number of methoxy groups -OCH3 is 2. The van der Waals surface area contributed by atoms with Crippen LogP contribution in [0.15, 0.2) is 54.6 Å². The molecule has 1 aliphatic rings. The Hall–Kier alpha value is -4.61. The summed E-state index contributed by atoms with van der Waals surface area (Å²) in [5.74, 6) is -0.914. The van der Waals surface area contributed by atoms with Gasteiger partial charge in [-0.3, -0.25) is 9.59 Å². The number of alkyl carbamates (subject to hydrolysis) is 1. The molecule has 0 bridgehead atoms. The van der Waals surface area contributed by atoms with Gasteiger partial charge < -0.3 is 34.5 Å². The maximum atomic E-state index is 13.7. The van der Waals surface area contributed by atoms with Crippen LogP contribution < -0.4 is 20.1 Å². The molecular weight excluding hydrogens is 597 g/mol. The zero-order valence-electron chi connectivity index (χ0n) is 27.3. The summed E-state index contributed by atoms with van der Waals surface area (Å²) in [6, 6.07) is 9.13. The average Bonchev–Trinajstić information content (AvgIpc) is 3.33. The lowest BCUT2D eigenvalue weighted by atomic mass is 9.97. The molecule has 2 aromatic carbocycles. The van der Waals surface area contributed by atoms with Crippen molar-refractivity contribution in [3.8, 4) is 11.5 Å². The highest BCUT2D eigenvalue weighted by Gasteiger charge is 2.34. The summed E-state index contributed by atoms with van der Waals surface area (Å²) >= 11 is 0. The first-order valence-corrected chi connectivity index (χ1v) is 15.2. The Labute approximate surface area is 269 Å². The molecule has 250 valence electrons. The Bertz CT molecular complexity index is 1390.